The van der Waals surface area contributed by atoms with Crippen LogP contribution in [0.3, 0.4) is 0 Å². The van der Waals surface area contributed by atoms with Crippen LogP contribution in [0.4, 0.5) is 0 Å². The van der Waals surface area contributed by atoms with Gasteiger partial charge in [-0.1, -0.05) is 18.2 Å². The average Bonchev–Trinajstić information content (AvgIpc) is 3.07. The molecular weight excluding hydrogens is 248 g/mol. The zero-order valence-electron chi connectivity index (χ0n) is 9.78. The van der Waals surface area contributed by atoms with Gasteiger partial charge in [0.05, 0.1) is 0 Å². The standard InChI is InChI=1S/C14H14N2O.ClH/c15-13-7-12(13)14-5-4-10(8-16-14)9-2-1-3-11(17)6-9;/h1-6,8,12-13,17H,7,15H2;1H/t12-,13-;/m0./s1. The summed E-state index contributed by atoms with van der Waals surface area (Å²) in [5.74, 6) is 0.712. The number of benzene rings is 1. The lowest BCUT2D eigenvalue weighted by atomic mass is 10.1. The molecule has 1 aromatic heterocycles. The van der Waals surface area contributed by atoms with E-state index in [0.29, 0.717) is 5.92 Å². The summed E-state index contributed by atoms with van der Waals surface area (Å²) in [4.78, 5) is 4.44. The van der Waals surface area contributed by atoms with E-state index < -0.39 is 0 Å². The number of rotatable bonds is 2. The normalized spacial score (nSPS) is 21.2. The van der Waals surface area contributed by atoms with Crippen molar-refractivity contribution < 1.29 is 5.11 Å². The van der Waals surface area contributed by atoms with Crippen molar-refractivity contribution in [3.05, 3.63) is 48.3 Å². The van der Waals surface area contributed by atoms with Gasteiger partial charge in [-0.25, -0.2) is 0 Å². The van der Waals surface area contributed by atoms with Crippen LogP contribution in [0.2, 0.25) is 0 Å². The van der Waals surface area contributed by atoms with Crippen molar-refractivity contribution in [2.24, 2.45) is 5.73 Å². The monoisotopic (exact) mass is 262 g/mol. The summed E-state index contributed by atoms with van der Waals surface area (Å²) in [6.07, 6.45) is 2.88. The second-order valence-electron chi connectivity index (χ2n) is 4.53. The lowest BCUT2D eigenvalue weighted by Crippen LogP contribution is -2.01. The van der Waals surface area contributed by atoms with Gasteiger partial charge in [0, 0.05) is 29.4 Å². The molecule has 1 fully saturated rings. The molecule has 0 unspecified atom stereocenters. The fourth-order valence-electron chi connectivity index (χ4n) is 2.04. The fraction of sp³-hybridized carbons (Fsp3) is 0.214. The third-order valence-corrected chi connectivity index (χ3v) is 3.19. The van der Waals surface area contributed by atoms with Gasteiger partial charge in [0.2, 0.25) is 0 Å². The highest BCUT2D eigenvalue weighted by atomic mass is 35.5. The maximum absolute atomic E-state index is 9.42. The summed E-state index contributed by atoms with van der Waals surface area (Å²) in [7, 11) is 0. The van der Waals surface area contributed by atoms with Crippen molar-refractivity contribution in [1.29, 1.82) is 0 Å². The van der Waals surface area contributed by atoms with Gasteiger partial charge in [-0.05, 0) is 30.2 Å². The van der Waals surface area contributed by atoms with Crippen LogP contribution in [-0.2, 0) is 0 Å². The Morgan fingerprint density at radius 3 is 2.50 bits per heavy atom. The number of halogens is 1. The lowest BCUT2D eigenvalue weighted by Gasteiger charge is -2.03. The van der Waals surface area contributed by atoms with E-state index in [1.807, 2.05) is 30.5 Å². The zero-order chi connectivity index (χ0) is 11.8. The Hall–Kier alpha value is -1.58. The molecule has 4 heteroatoms. The van der Waals surface area contributed by atoms with Crippen LogP contribution in [0.5, 0.6) is 5.75 Å². The van der Waals surface area contributed by atoms with Crippen molar-refractivity contribution >= 4 is 12.4 Å². The first-order chi connectivity index (χ1) is 8.24. The molecule has 2 aromatic rings. The first-order valence-electron chi connectivity index (χ1n) is 5.75. The molecule has 0 aliphatic heterocycles. The summed E-state index contributed by atoms with van der Waals surface area (Å²) < 4.78 is 0. The SMILES string of the molecule is Cl.N[C@H]1C[C@@H]1c1ccc(-c2cccc(O)c2)cn1. The zero-order valence-corrected chi connectivity index (χ0v) is 10.6. The number of nitrogens with zero attached hydrogens (tertiary/aromatic N) is 1. The van der Waals surface area contributed by atoms with Gasteiger partial charge in [-0.15, -0.1) is 12.4 Å². The number of pyridine rings is 1. The summed E-state index contributed by atoms with van der Waals surface area (Å²) >= 11 is 0. The molecule has 3 rings (SSSR count). The number of nitrogens with two attached hydrogens (primary N) is 1. The van der Waals surface area contributed by atoms with E-state index in [0.717, 1.165) is 23.2 Å². The van der Waals surface area contributed by atoms with E-state index in [-0.39, 0.29) is 24.2 Å². The first kappa shape index (κ1) is 12.9. The van der Waals surface area contributed by atoms with Gasteiger partial charge in [-0.2, -0.15) is 0 Å². The minimum Gasteiger partial charge on any atom is -0.508 e. The molecule has 0 bridgehead atoms. The molecule has 2 atom stereocenters. The van der Waals surface area contributed by atoms with Crippen molar-refractivity contribution in [3.63, 3.8) is 0 Å². The maximum atomic E-state index is 9.42. The predicted octanol–water partition coefficient (Wildman–Crippen LogP) is 2.69. The molecule has 1 saturated carbocycles. The average molecular weight is 263 g/mol. The van der Waals surface area contributed by atoms with Gasteiger partial charge in [0.15, 0.2) is 0 Å². The van der Waals surface area contributed by atoms with Crippen LogP contribution in [0, 0.1) is 0 Å². The quantitative estimate of drug-likeness (QED) is 0.875. The summed E-state index contributed by atoms with van der Waals surface area (Å²) in [5.41, 5.74) is 8.85. The molecule has 1 heterocycles. The van der Waals surface area contributed by atoms with Crippen LogP contribution in [0.15, 0.2) is 42.6 Å². The molecule has 3 nitrogen and oxygen atoms in total. The smallest absolute Gasteiger partial charge is 0.116 e. The molecule has 3 N–H and O–H groups in total. The highest BCUT2D eigenvalue weighted by Crippen LogP contribution is 2.38. The number of phenols is 1. The Kier molecular flexibility index (Phi) is 3.55. The van der Waals surface area contributed by atoms with Crippen LogP contribution in [0.25, 0.3) is 11.1 Å². The molecule has 0 radical (unpaired) electrons. The highest BCUT2D eigenvalue weighted by Gasteiger charge is 2.35. The van der Waals surface area contributed by atoms with Crippen molar-refractivity contribution in [2.75, 3.05) is 0 Å². The second-order valence-corrected chi connectivity index (χ2v) is 4.53. The van der Waals surface area contributed by atoms with E-state index in [2.05, 4.69) is 4.98 Å². The number of aromatic hydroxyl groups is 1. The topological polar surface area (TPSA) is 59.1 Å². The lowest BCUT2D eigenvalue weighted by molar-refractivity contribution is 0.475. The third-order valence-electron chi connectivity index (χ3n) is 3.19. The largest absolute Gasteiger partial charge is 0.508 e. The molecular formula is C14H15ClN2O. The molecule has 1 aliphatic rings. The minimum absolute atomic E-state index is 0. The highest BCUT2D eigenvalue weighted by molar-refractivity contribution is 5.85. The number of hydrogen-bond donors (Lipinski definition) is 2. The van der Waals surface area contributed by atoms with Crippen LogP contribution < -0.4 is 5.73 Å². The van der Waals surface area contributed by atoms with Gasteiger partial charge in [0.1, 0.15) is 5.75 Å². The summed E-state index contributed by atoms with van der Waals surface area (Å²) in [5, 5.41) is 9.42. The minimum atomic E-state index is 0. The summed E-state index contributed by atoms with van der Waals surface area (Å²) in [6.45, 7) is 0. The maximum Gasteiger partial charge on any atom is 0.116 e. The Morgan fingerprint density at radius 2 is 1.94 bits per heavy atom. The van der Waals surface area contributed by atoms with Crippen molar-refractivity contribution in [2.45, 2.75) is 18.4 Å². The van der Waals surface area contributed by atoms with Crippen LogP contribution in [0.1, 0.15) is 18.0 Å². The van der Waals surface area contributed by atoms with Gasteiger partial charge in [-0.3, -0.25) is 4.98 Å². The fourth-order valence-corrected chi connectivity index (χ4v) is 2.04. The van der Waals surface area contributed by atoms with E-state index in [1.54, 1.807) is 12.1 Å². The Balaban J connectivity index is 0.00000120. The van der Waals surface area contributed by atoms with Crippen LogP contribution in [-0.4, -0.2) is 16.1 Å². The van der Waals surface area contributed by atoms with Gasteiger partial charge >= 0.3 is 0 Å². The number of phenolic OH excluding ortho intramolecular Hbond substituents is 1. The number of aromatic nitrogens is 1. The van der Waals surface area contributed by atoms with E-state index in [1.165, 1.54) is 0 Å². The second kappa shape index (κ2) is 4.96. The Labute approximate surface area is 112 Å². The van der Waals surface area contributed by atoms with Crippen molar-refractivity contribution in [3.8, 4) is 16.9 Å². The Morgan fingerprint density at radius 1 is 1.17 bits per heavy atom. The Bertz CT molecular complexity index is 542. The van der Waals surface area contributed by atoms with Crippen molar-refractivity contribution in [1.82, 2.24) is 4.98 Å². The van der Waals surface area contributed by atoms with Gasteiger partial charge < -0.3 is 10.8 Å². The van der Waals surface area contributed by atoms with Gasteiger partial charge in [0.25, 0.3) is 0 Å². The molecule has 1 aromatic carbocycles. The van der Waals surface area contributed by atoms with Crippen LogP contribution >= 0.6 is 12.4 Å². The molecule has 0 saturated heterocycles. The van der Waals surface area contributed by atoms with E-state index in [9.17, 15) is 5.11 Å². The summed E-state index contributed by atoms with van der Waals surface area (Å²) in [6, 6.07) is 11.5. The van der Waals surface area contributed by atoms with E-state index >= 15 is 0 Å². The number of hydrogen-bond acceptors (Lipinski definition) is 3. The first-order valence-corrected chi connectivity index (χ1v) is 5.75. The molecule has 0 amide bonds. The molecule has 18 heavy (non-hydrogen) atoms. The predicted molar refractivity (Wildman–Crippen MR) is 73.9 cm³/mol. The van der Waals surface area contributed by atoms with E-state index in [4.69, 9.17) is 5.73 Å². The molecule has 94 valence electrons. The molecule has 0 spiro atoms. The third kappa shape index (κ3) is 2.47. The molecule has 1 aliphatic carbocycles.